The van der Waals surface area contributed by atoms with Gasteiger partial charge < -0.3 is 10.2 Å². The zero-order valence-corrected chi connectivity index (χ0v) is 17.7. The highest BCUT2D eigenvalue weighted by atomic mass is 35.5. The summed E-state index contributed by atoms with van der Waals surface area (Å²) in [5.41, 5.74) is -5.80. The van der Waals surface area contributed by atoms with E-state index in [0.717, 1.165) is 4.68 Å². The van der Waals surface area contributed by atoms with E-state index in [2.05, 4.69) is 20.2 Å². The normalized spacial score (nSPS) is 12.0. The van der Waals surface area contributed by atoms with Crippen molar-refractivity contribution in [3.63, 3.8) is 0 Å². The lowest BCUT2D eigenvalue weighted by molar-refractivity contribution is -0.137. The van der Waals surface area contributed by atoms with Crippen LogP contribution in [0.5, 0.6) is 0 Å². The number of hydrogen-bond donors (Lipinski definition) is 1. The highest BCUT2D eigenvalue weighted by Gasteiger charge is 2.37. The molecule has 0 aliphatic heterocycles. The van der Waals surface area contributed by atoms with Gasteiger partial charge in [0.15, 0.2) is 5.82 Å². The summed E-state index contributed by atoms with van der Waals surface area (Å²) in [4.78, 5) is 6.46. The first kappa shape index (κ1) is 24.0. The molecule has 32 heavy (non-hydrogen) atoms. The number of rotatable bonds is 5. The van der Waals surface area contributed by atoms with E-state index in [1.54, 1.807) is 18.2 Å². The topological polar surface area (TPSA) is 47.1 Å². The molecule has 0 aliphatic rings. The van der Waals surface area contributed by atoms with Crippen LogP contribution in [0.15, 0.2) is 41.4 Å². The van der Waals surface area contributed by atoms with Gasteiger partial charge in [0.1, 0.15) is 5.69 Å². The minimum atomic E-state index is -4.78. The van der Waals surface area contributed by atoms with Crippen molar-refractivity contribution < 1.29 is 26.3 Å². The van der Waals surface area contributed by atoms with Crippen LogP contribution in [0.4, 0.5) is 38.0 Å². The molecule has 1 N–H and O–H groups in total. The minimum Gasteiger partial charge on any atom is -0.363 e. The summed E-state index contributed by atoms with van der Waals surface area (Å²) in [6.45, 7) is 7.12. The molecule has 0 spiro atoms. The van der Waals surface area contributed by atoms with Gasteiger partial charge in [-0.3, -0.25) is 4.98 Å². The van der Waals surface area contributed by atoms with E-state index in [4.69, 9.17) is 29.8 Å². The summed E-state index contributed by atoms with van der Waals surface area (Å²) in [6, 6.07) is 6.03. The third kappa shape index (κ3) is 5.40. The molecule has 2 aromatic heterocycles. The zero-order valence-electron chi connectivity index (χ0n) is 15.4. The fourth-order valence-electron chi connectivity index (χ4n) is 2.60. The number of aromatic nitrogens is 3. The van der Waals surface area contributed by atoms with Crippen LogP contribution >= 0.6 is 35.0 Å². The highest BCUT2D eigenvalue weighted by Crippen LogP contribution is 2.48. The lowest BCUT2D eigenvalue weighted by atomic mass is 10.2. The monoisotopic (exact) mass is 511 g/mol. The molecule has 0 saturated carbocycles. The van der Waals surface area contributed by atoms with Crippen LogP contribution in [0, 0.1) is 6.57 Å². The summed E-state index contributed by atoms with van der Waals surface area (Å²) >= 11 is 11.4. The molecule has 0 unspecified atom stereocenters. The van der Waals surface area contributed by atoms with E-state index < -0.39 is 49.8 Å². The minimum absolute atomic E-state index is 0.0781. The Kier molecular flexibility index (Phi) is 6.83. The Hall–Kier alpha value is -2.62. The second kappa shape index (κ2) is 9.09. The third-order valence-electron chi connectivity index (χ3n) is 3.87. The average molecular weight is 512 g/mol. The summed E-state index contributed by atoms with van der Waals surface area (Å²) in [6.07, 6.45) is -3.29. The Morgan fingerprint density at radius 2 is 1.75 bits per heavy atom. The van der Waals surface area contributed by atoms with Gasteiger partial charge in [0.2, 0.25) is 0 Å². The van der Waals surface area contributed by atoms with E-state index in [9.17, 15) is 26.3 Å². The van der Waals surface area contributed by atoms with Crippen LogP contribution in [0.2, 0.25) is 10.0 Å². The molecule has 3 rings (SSSR count). The van der Waals surface area contributed by atoms with E-state index in [0.29, 0.717) is 17.8 Å². The molecule has 0 bridgehead atoms. The van der Waals surface area contributed by atoms with Crippen LogP contribution in [0.3, 0.4) is 0 Å². The number of benzene rings is 1. The molecule has 2 heterocycles. The van der Waals surface area contributed by atoms with Crippen molar-refractivity contribution in [1.82, 2.24) is 14.8 Å². The predicted molar refractivity (Wildman–Crippen MR) is 108 cm³/mol. The SMILES string of the molecule is [C-]#[N+]c1nn(-c2c(Cl)cc(C(F)(F)F)cc2Cl)c(NCc2ccccn2)c1SC(F)(F)F. The molecule has 0 radical (unpaired) electrons. The van der Waals surface area contributed by atoms with Gasteiger partial charge >= 0.3 is 17.5 Å². The number of thioether (sulfide) groups is 1. The fourth-order valence-corrected chi connectivity index (χ4v) is 3.91. The van der Waals surface area contributed by atoms with Crippen molar-refractivity contribution in [3.8, 4) is 5.69 Å². The van der Waals surface area contributed by atoms with E-state index in [1.165, 1.54) is 6.20 Å². The molecule has 0 saturated heterocycles. The zero-order chi connectivity index (χ0) is 23.7. The molecule has 0 atom stereocenters. The summed E-state index contributed by atoms with van der Waals surface area (Å²) in [5.74, 6) is -0.963. The summed E-state index contributed by atoms with van der Waals surface area (Å²) < 4.78 is 79.4. The van der Waals surface area contributed by atoms with Crippen molar-refractivity contribution in [1.29, 1.82) is 0 Å². The van der Waals surface area contributed by atoms with Crippen molar-refractivity contribution >= 4 is 46.6 Å². The van der Waals surface area contributed by atoms with E-state index in [-0.39, 0.29) is 18.1 Å². The number of halogens is 8. The largest absolute Gasteiger partial charge is 0.445 e. The van der Waals surface area contributed by atoms with Gasteiger partial charge in [0, 0.05) is 6.20 Å². The van der Waals surface area contributed by atoms with Gasteiger partial charge in [-0.2, -0.15) is 26.3 Å². The number of nitrogens with zero attached hydrogens (tertiary/aromatic N) is 4. The molecular weight excluding hydrogens is 503 g/mol. The van der Waals surface area contributed by atoms with Crippen LogP contribution in [-0.2, 0) is 12.7 Å². The van der Waals surface area contributed by atoms with Crippen molar-refractivity contribution in [2.45, 2.75) is 23.1 Å². The van der Waals surface area contributed by atoms with Crippen LogP contribution in [-0.4, -0.2) is 20.3 Å². The fraction of sp³-hybridized carbons (Fsp3) is 0.167. The van der Waals surface area contributed by atoms with Gasteiger partial charge in [0.25, 0.3) is 0 Å². The molecule has 168 valence electrons. The van der Waals surface area contributed by atoms with Crippen molar-refractivity contribution in [3.05, 3.63) is 69.2 Å². The standard InChI is InChI=1S/C18H9Cl2F6N5S/c1-27-15-14(32-18(24,25)26)16(29-8-10-4-2-3-5-28-10)31(30-15)13-11(19)6-9(7-12(13)20)17(21,22)23/h2-7,29H,8H2. The maximum Gasteiger partial charge on any atom is 0.445 e. The van der Waals surface area contributed by atoms with Crippen molar-refractivity contribution in [2.75, 3.05) is 5.32 Å². The lowest BCUT2D eigenvalue weighted by Gasteiger charge is -2.14. The maximum absolute atomic E-state index is 13.2. The second-order valence-electron chi connectivity index (χ2n) is 6.03. The Morgan fingerprint density at radius 1 is 1.09 bits per heavy atom. The third-order valence-corrected chi connectivity index (χ3v) is 5.26. The molecule has 0 fully saturated rings. The first-order chi connectivity index (χ1) is 14.9. The predicted octanol–water partition coefficient (Wildman–Crippen LogP) is 7.37. The Morgan fingerprint density at radius 3 is 2.25 bits per heavy atom. The molecule has 5 nitrogen and oxygen atoms in total. The Balaban J connectivity index is 2.18. The molecule has 14 heteroatoms. The van der Waals surface area contributed by atoms with Gasteiger partial charge in [-0.1, -0.05) is 35.8 Å². The first-order valence-corrected chi connectivity index (χ1v) is 9.94. The van der Waals surface area contributed by atoms with Gasteiger partial charge in [-0.05, 0) is 41.1 Å². The number of alkyl halides is 6. The molecule has 3 aromatic rings. The second-order valence-corrected chi connectivity index (χ2v) is 7.92. The number of anilines is 1. The Bertz CT molecular complexity index is 1150. The summed E-state index contributed by atoms with van der Waals surface area (Å²) in [5, 5.41) is 5.48. The summed E-state index contributed by atoms with van der Waals surface area (Å²) in [7, 11) is 0. The van der Waals surface area contributed by atoms with Gasteiger partial charge in [0.05, 0.1) is 32.7 Å². The maximum atomic E-state index is 13.2. The smallest absolute Gasteiger partial charge is 0.363 e. The number of pyridine rings is 1. The molecule has 1 aromatic carbocycles. The van der Waals surface area contributed by atoms with E-state index in [1.807, 2.05) is 0 Å². The Labute approximate surface area is 191 Å². The first-order valence-electron chi connectivity index (χ1n) is 8.37. The number of nitrogens with one attached hydrogen (secondary N) is 1. The van der Waals surface area contributed by atoms with Crippen LogP contribution in [0.1, 0.15) is 11.3 Å². The van der Waals surface area contributed by atoms with Crippen LogP contribution < -0.4 is 5.32 Å². The van der Waals surface area contributed by atoms with Gasteiger partial charge in [-0.15, -0.1) is 4.68 Å². The highest BCUT2D eigenvalue weighted by molar-refractivity contribution is 8.00. The quantitative estimate of drug-likeness (QED) is 0.220. The molecule has 0 aliphatic carbocycles. The van der Waals surface area contributed by atoms with E-state index >= 15 is 0 Å². The molecule has 0 amide bonds. The lowest BCUT2D eigenvalue weighted by Crippen LogP contribution is -2.11. The van der Waals surface area contributed by atoms with Crippen LogP contribution in [0.25, 0.3) is 10.5 Å². The molecular formula is C18H9Cl2F6N5S. The average Bonchev–Trinajstić information content (AvgIpc) is 3.01. The van der Waals surface area contributed by atoms with Crippen molar-refractivity contribution in [2.24, 2.45) is 0 Å². The van der Waals surface area contributed by atoms with Gasteiger partial charge in [-0.25, -0.2) is 0 Å². The number of hydrogen-bond acceptors (Lipinski definition) is 4.